The van der Waals surface area contributed by atoms with Crippen molar-refractivity contribution in [3.05, 3.63) is 96.6 Å². The average Bonchev–Trinajstić information content (AvgIpc) is 3.44. The van der Waals surface area contributed by atoms with Crippen molar-refractivity contribution in [2.45, 2.75) is 11.8 Å². The van der Waals surface area contributed by atoms with E-state index in [9.17, 15) is 13.2 Å². The largest absolute Gasteiger partial charge is 0.298 e. The highest BCUT2D eigenvalue weighted by atomic mass is 32.2. The highest BCUT2D eigenvalue weighted by Gasteiger charge is 2.27. The van der Waals surface area contributed by atoms with Gasteiger partial charge in [0.25, 0.3) is 15.9 Å². The fraction of sp³-hybridized carbons (Fsp3) is 0.0714. The summed E-state index contributed by atoms with van der Waals surface area (Å²) in [4.78, 5) is 18.8. The summed E-state index contributed by atoms with van der Waals surface area (Å²) < 4.78 is 27.8. The minimum absolute atomic E-state index is 0.127. The van der Waals surface area contributed by atoms with Crippen molar-refractivity contribution in [3.8, 4) is 21.7 Å². The predicted octanol–water partition coefficient (Wildman–Crippen LogP) is 6.41. The number of anilines is 2. The van der Waals surface area contributed by atoms with Crippen molar-refractivity contribution in [2.75, 3.05) is 16.2 Å². The average molecular weight is 512 g/mol. The van der Waals surface area contributed by atoms with E-state index in [1.807, 2.05) is 18.2 Å². The lowest BCUT2D eigenvalue weighted by molar-refractivity contribution is 0.102. The predicted molar refractivity (Wildman–Crippen MR) is 145 cm³/mol. The number of sulfonamides is 1. The molecule has 0 bridgehead atoms. The molecule has 1 heterocycles. The first-order valence-electron chi connectivity index (χ1n) is 11.5. The molecule has 0 saturated carbocycles. The van der Waals surface area contributed by atoms with Crippen LogP contribution >= 0.6 is 11.3 Å². The Labute approximate surface area is 212 Å². The number of carbonyl (C=O) groups excluding carboxylic acids is 1. The second kappa shape index (κ2) is 8.58. The standard InChI is InChI=1S/C28H21N3O3S2/c1-2-31(20-10-4-3-5-11-20)36(33,34)21-16-14-19(15-17-21)27(32)30-28-29-25-22-12-6-8-18-9-7-13-23(24(18)22)26(25)35-28/h3-17H,2H2,1H3,(H,29,30,32). The maximum Gasteiger partial charge on any atom is 0.264 e. The van der Waals surface area contributed by atoms with Crippen LogP contribution in [0.5, 0.6) is 0 Å². The van der Waals surface area contributed by atoms with Gasteiger partial charge >= 0.3 is 0 Å². The molecule has 178 valence electrons. The van der Waals surface area contributed by atoms with Crippen LogP contribution in [0, 0.1) is 0 Å². The maximum atomic E-state index is 13.2. The van der Waals surface area contributed by atoms with Crippen LogP contribution in [0.4, 0.5) is 10.8 Å². The van der Waals surface area contributed by atoms with Crippen LogP contribution in [-0.2, 0) is 10.0 Å². The molecule has 1 aliphatic carbocycles. The number of rotatable bonds is 6. The van der Waals surface area contributed by atoms with E-state index in [4.69, 9.17) is 4.98 Å². The van der Waals surface area contributed by atoms with Gasteiger partial charge in [0.1, 0.15) is 0 Å². The molecule has 0 spiro atoms. The van der Waals surface area contributed by atoms with Gasteiger partial charge in [-0.05, 0) is 54.1 Å². The number of thiazole rings is 1. The van der Waals surface area contributed by atoms with Crippen molar-refractivity contribution < 1.29 is 13.2 Å². The molecule has 1 N–H and O–H groups in total. The molecular weight excluding hydrogens is 490 g/mol. The van der Waals surface area contributed by atoms with Gasteiger partial charge in [0, 0.05) is 23.2 Å². The molecule has 4 aromatic carbocycles. The Morgan fingerprint density at radius 3 is 2.28 bits per heavy atom. The Morgan fingerprint density at radius 1 is 0.889 bits per heavy atom. The summed E-state index contributed by atoms with van der Waals surface area (Å²) in [5, 5.41) is 5.75. The third kappa shape index (κ3) is 3.57. The van der Waals surface area contributed by atoms with Crippen LogP contribution in [0.1, 0.15) is 17.3 Å². The first-order chi connectivity index (χ1) is 17.5. The number of benzene rings is 4. The number of hydrogen-bond acceptors (Lipinski definition) is 5. The third-order valence-corrected chi connectivity index (χ3v) is 9.21. The van der Waals surface area contributed by atoms with Crippen molar-refractivity contribution in [3.63, 3.8) is 0 Å². The van der Waals surface area contributed by atoms with Gasteiger partial charge in [-0.1, -0.05) is 65.9 Å². The highest BCUT2D eigenvalue weighted by Crippen LogP contribution is 2.50. The molecule has 8 heteroatoms. The Hall–Kier alpha value is -4.01. The van der Waals surface area contributed by atoms with E-state index in [0.717, 1.165) is 21.7 Å². The van der Waals surface area contributed by atoms with E-state index in [2.05, 4.69) is 29.6 Å². The summed E-state index contributed by atoms with van der Waals surface area (Å²) in [6.07, 6.45) is 0. The van der Waals surface area contributed by atoms with Crippen LogP contribution in [0.25, 0.3) is 32.5 Å². The van der Waals surface area contributed by atoms with Gasteiger partial charge < -0.3 is 0 Å². The van der Waals surface area contributed by atoms with Crippen molar-refractivity contribution in [1.82, 2.24) is 4.98 Å². The molecule has 6 rings (SSSR count). The van der Waals surface area contributed by atoms with Gasteiger partial charge in [0.15, 0.2) is 5.13 Å². The molecule has 0 atom stereocenters. The summed E-state index contributed by atoms with van der Waals surface area (Å²) in [6.45, 7) is 2.08. The zero-order valence-electron chi connectivity index (χ0n) is 19.3. The molecule has 6 nitrogen and oxygen atoms in total. The lowest BCUT2D eigenvalue weighted by Gasteiger charge is -2.23. The van der Waals surface area contributed by atoms with Gasteiger partial charge in [-0.3, -0.25) is 14.4 Å². The molecule has 1 aromatic heterocycles. The normalized spacial score (nSPS) is 11.9. The number of fused-ring (bicyclic) bond motifs is 3. The molecule has 0 radical (unpaired) electrons. The molecule has 0 aliphatic heterocycles. The second-order valence-electron chi connectivity index (χ2n) is 8.39. The van der Waals surface area contributed by atoms with Crippen LogP contribution in [0.2, 0.25) is 0 Å². The molecule has 0 unspecified atom stereocenters. The zero-order chi connectivity index (χ0) is 24.9. The van der Waals surface area contributed by atoms with E-state index in [1.54, 1.807) is 31.2 Å². The van der Waals surface area contributed by atoms with Crippen LogP contribution < -0.4 is 9.62 Å². The van der Waals surface area contributed by atoms with Gasteiger partial charge in [-0.2, -0.15) is 0 Å². The highest BCUT2D eigenvalue weighted by molar-refractivity contribution is 7.92. The topological polar surface area (TPSA) is 79.4 Å². The van der Waals surface area contributed by atoms with Crippen molar-refractivity contribution in [1.29, 1.82) is 0 Å². The van der Waals surface area contributed by atoms with E-state index in [1.165, 1.54) is 50.7 Å². The molecule has 0 saturated heterocycles. The summed E-state index contributed by atoms with van der Waals surface area (Å²) in [5.41, 5.74) is 4.03. The summed E-state index contributed by atoms with van der Waals surface area (Å²) in [6, 6.07) is 27.3. The van der Waals surface area contributed by atoms with Gasteiger partial charge in [0.05, 0.1) is 21.2 Å². The van der Waals surface area contributed by atoms with Crippen LogP contribution in [-0.4, -0.2) is 25.9 Å². The Kier molecular flexibility index (Phi) is 5.35. The number of amides is 1. The number of hydrogen-bond donors (Lipinski definition) is 1. The number of nitrogens with one attached hydrogen (secondary N) is 1. The van der Waals surface area contributed by atoms with Gasteiger partial charge in [0.2, 0.25) is 0 Å². The first-order valence-corrected chi connectivity index (χ1v) is 13.8. The van der Waals surface area contributed by atoms with Crippen LogP contribution in [0.3, 0.4) is 0 Å². The second-order valence-corrected chi connectivity index (χ2v) is 11.3. The van der Waals surface area contributed by atoms with Crippen molar-refractivity contribution >= 4 is 48.9 Å². The van der Waals surface area contributed by atoms with Gasteiger partial charge in [-0.25, -0.2) is 13.4 Å². The number of nitrogens with zero attached hydrogens (tertiary/aromatic N) is 2. The first kappa shape index (κ1) is 22.5. The van der Waals surface area contributed by atoms with E-state index >= 15 is 0 Å². The summed E-state index contributed by atoms with van der Waals surface area (Å²) in [5.74, 6) is -0.340. The molecule has 5 aromatic rings. The fourth-order valence-corrected chi connectivity index (χ4v) is 7.11. The minimum atomic E-state index is -3.76. The zero-order valence-corrected chi connectivity index (χ0v) is 20.9. The monoisotopic (exact) mass is 511 g/mol. The SMILES string of the molecule is CCN(c1ccccc1)S(=O)(=O)c1ccc(C(=O)Nc2nc3c(s2)-c2cccc4cccc-3c24)cc1. The smallest absolute Gasteiger partial charge is 0.264 e. The minimum Gasteiger partial charge on any atom is -0.298 e. The van der Waals surface area contributed by atoms with Crippen LogP contribution in [0.15, 0.2) is 95.9 Å². The Bertz CT molecular complexity index is 1670. The molecular formula is C28H21N3O3S2. The third-order valence-electron chi connectivity index (χ3n) is 6.29. The van der Waals surface area contributed by atoms with E-state index in [0.29, 0.717) is 22.9 Å². The van der Waals surface area contributed by atoms with Crippen molar-refractivity contribution in [2.24, 2.45) is 0 Å². The lowest BCUT2D eigenvalue weighted by atomic mass is 10.0. The molecule has 36 heavy (non-hydrogen) atoms. The Balaban J connectivity index is 1.24. The number of aromatic nitrogens is 1. The summed E-state index contributed by atoms with van der Waals surface area (Å²) >= 11 is 1.44. The molecule has 1 amide bonds. The lowest BCUT2D eigenvalue weighted by Crippen LogP contribution is -2.30. The van der Waals surface area contributed by atoms with Gasteiger partial charge in [-0.15, -0.1) is 0 Å². The Morgan fingerprint density at radius 2 is 1.58 bits per heavy atom. The fourth-order valence-electron chi connectivity index (χ4n) is 4.63. The van der Waals surface area contributed by atoms with E-state index in [-0.39, 0.29) is 10.8 Å². The number of para-hydroxylation sites is 1. The maximum absolute atomic E-state index is 13.2. The quantitative estimate of drug-likeness (QED) is 0.280. The summed E-state index contributed by atoms with van der Waals surface area (Å²) in [7, 11) is -3.76. The number of carbonyl (C=O) groups is 1. The molecule has 1 aliphatic rings. The molecule has 0 fully saturated rings. The van der Waals surface area contributed by atoms with E-state index < -0.39 is 10.0 Å².